The number of phenols is 1. The summed E-state index contributed by atoms with van der Waals surface area (Å²) in [5.74, 6) is -0.439. The summed E-state index contributed by atoms with van der Waals surface area (Å²) in [5, 5.41) is 9.24. The standard InChI is InChI=1S/C12H10O5S/c1-8-2-4-10(14)11(6-8)18(15,16)12-5-3-9(7-13)17-12/h2-7,14H,1H3. The zero-order valence-corrected chi connectivity index (χ0v) is 10.3. The average Bonchev–Trinajstić information content (AvgIpc) is 2.81. The van der Waals surface area contributed by atoms with Gasteiger partial charge in [-0.1, -0.05) is 6.07 Å². The average molecular weight is 266 g/mol. The second-order valence-corrected chi connectivity index (χ2v) is 5.60. The number of phenolic OH excluding ortho intramolecular Hbond substituents is 1. The molecule has 0 unspecified atom stereocenters. The van der Waals surface area contributed by atoms with Crippen LogP contribution in [0.15, 0.2) is 44.7 Å². The molecular formula is C12H10O5S. The lowest BCUT2D eigenvalue weighted by Gasteiger charge is -2.05. The molecule has 0 fully saturated rings. The van der Waals surface area contributed by atoms with Crippen molar-refractivity contribution in [3.8, 4) is 5.75 Å². The van der Waals surface area contributed by atoms with Crippen molar-refractivity contribution in [1.82, 2.24) is 0 Å². The zero-order chi connectivity index (χ0) is 13.3. The first-order valence-electron chi connectivity index (χ1n) is 5.05. The third-order valence-corrected chi connectivity index (χ3v) is 4.04. The first kappa shape index (κ1) is 12.4. The lowest BCUT2D eigenvalue weighted by atomic mass is 10.2. The van der Waals surface area contributed by atoms with E-state index in [1.54, 1.807) is 13.0 Å². The largest absolute Gasteiger partial charge is 0.507 e. The molecule has 1 N–H and O–H groups in total. The molecule has 0 aliphatic rings. The number of hydrogen-bond donors (Lipinski definition) is 1. The molecule has 0 bridgehead atoms. The monoisotopic (exact) mass is 266 g/mol. The minimum atomic E-state index is -3.96. The molecular weight excluding hydrogens is 256 g/mol. The molecule has 94 valence electrons. The molecule has 0 saturated carbocycles. The summed E-state index contributed by atoms with van der Waals surface area (Å²) in [5.41, 5.74) is 0.688. The van der Waals surface area contributed by atoms with Gasteiger partial charge in [-0.2, -0.15) is 0 Å². The molecule has 0 amide bonds. The summed E-state index contributed by atoms with van der Waals surface area (Å²) in [6.07, 6.45) is 0.412. The van der Waals surface area contributed by atoms with Crippen LogP contribution in [0.1, 0.15) is 16.1 Å². The fourth-order valence-electron chi connectivity index (χ4n) is 1.49. The Morgan fingerprint density at radius 1 is 1.22 bits per heavy atom. The van der Waals surface area contributed by atoms with Crippen molar-refractivity contribution in [1.29, 1.82) is 0 Å². The van der Waals surface area contributed by atoms with E-state index >= 15 is 0 Å². The Labute approximate surface area is 104 Å². The summed E-state index contributed by atoms with van der Waals surface area (Å²) >= 11 is 0. The van der Waals surface area contributed by atoms with Crippen molar-refractivity contribution in [2.24, 2.45) is 0 Å². The van der Waals surface area contributed by atoms with Crippen LogP contribution in [0, 0.1) is 6.92 Å². The van der Waals surface area contributed by atoms with Crippen LogP contribution in [0.25, 0.3) is 0 Å². The molecule has 2 rings (SSSR count). The van der Waals surface area contributed by atoms with Gasteiger partial charge in [0.15, 0.2) is 12.0 Å². The quantitative estimate of drug-likeness (QED) is 0.858. The highest BCUT2D eigenvalue weighted by atomic mass is 32.2. The third kappa shape index (κ3) is 2.02. The first-order valence-corrected chi connectivity index (χ1v) is 6.53. The Hall–Kier alpha value is -2.08. The van der Waals surface area contributed by atoms with Gasteiger partial charge in [0, 0.05) is 0 Å². The van der Waals surface area contributed by atoms with E-state index < -0.39 is 9.84 Å². The van der Waals surface area contributed by atoms with Crippen molar-refractivity contribution >= 4 is 16.1 Å². The van der Waals surface area contributed by atoms with Gasteiger partial charge in [0.1, 0.15) is 10.6 Å². The summed E-state index contributed by atoms with van der Waals surface area (Å²) in [6, 6.07) is 6.67. The van der Waals surface area contributed by atoms with E-state index in [0.29, 0.717) is 11.8 Å². The van der Waals surface area contributed by atoms with E-state index in [1.165, 1.54) is 24.3 Å². The van der Waals surface area contributed by atoms with Crippen LogP contribution >= 0.6 is 0 Å². The van der Waals surface area contributed by atoms with Crippen LogP contribution in [0.3, 0.4) is 0 Å². The molecule has 0 radical (unpaired) electrons. The van der Waals surface area contributed by atoms with E-state index in [2.05, 4.69) is 0 Å². The summed E-state index contributed by atoms with van der Waals surface area (Å²) in [6.45, 7) is 1.71. The predicted molar refractivity (Wildman–Crippen MR) is 62.4 cm³/mol. The van der Waals surface area contributed by atoms with E-state index in [0.717, 1.165) is 0 Å². The fraction of sp³-hybridized carbons (Fsp3) is 0.0833. The first-order chi connectivity index (χ1) is 8.45. The highest BCUT2D eigenvalue weighted by molar-refractivity contribution is 7.91. The molecule has 18 heavy (non-hydrogen) atoms. The minimum absolute atomic E-state index is 0.0827. The maximum atomic E-state index is 12.2. The minimum Gasteiger partial charge on any atom is -0.507 e. The van der Waals surface area contributed by atoms with Gasteiger partial charge in [0.05, 0.1) is 0 Å². The van der Waals surface area contributed by atoms with Crippen molar-refractivity contribution in [3.63, 3.8) is 0 Å². The topological polar surface area (TPSA) is 84.6 Å². The number of furan rings is 1. The molecule has 1 aromatic carbocycles. The molecule has 2 aromatic rings. The number of aryl methyl sites for hydroxylation is 1. The normalized spacial score (nSPS) is 11.4. The SMILES string of the molecule is Cc1ccc(O)c(S(=O)(=O)c2ccc(C=O)o2)c1. The van der Waals surface area contributed by atoms with Crippen LogP contribution in [-0.4, -0.2) is 19.8 Å². The number of sulfone groups is 1. The van der Waals surface area contributed by atoms with Crippen molar-refractivity contribution < 1.29 is 22.7 Å². The lowest BCUT2D eigenvalue weighted by molar-refractivity contribution is 0.109. The van der Waals surface area contributed by atoms with Gasteiger partial charge in [-0.25, -0.2) is 8.42 Å². The molecule has 5 nitrogen and oxygen atoms in total. The van der Waals surface area contributed by atoms with Crippen LogP contribution in [0.5, 0.6) is 5.75 Å². The van der Waals surface area contributed by atoms with Gasteiger partial charge in [0.25, 0.3) is 0 Å². The molecule has 1 heterocycles. The van der Waals surface area contributed by atoms with Crippen LogP contribution < -0.4 is 0 Å². The Morgan fingerprint density at radius 3 is 2.56 bits per heavy atom. The maximum absolute atomic E-state index is 12.2. The second kappa shape index (κ2) is 4.30. The number of benzene rings is 1. The Bertz CT molecular complexity index is 697. The van der Waals surface area contributed by atoms with Crippen molar-refractivity contribution in [2.45, 2.75) is 16.9 Å². The van der Waals surface area contributed by atoms with Gasteiger partial charge < -0.3 is 9.52 Å². The van der Waals surface area contributed by atoms with Gasteiger partial charge in [-0.15, -0.1) is 0 Å². The van der Waals surface area contributed by atoms with Gasteiger partial charge >= 0.3 is 0 Å². The van der Waals surface area contributed by atoms with Crippen LogP contribution in [0.4, 0.5) is 0 Å². The number of hydrogen-bond acceptors (Lipinski definition) is 5. The highest BCUT2D eigenvalue weighted by Crippen LogP contribution is 2.30. The number of rotatable bonds is 3. The van der Waals surface area contributed by atoms with Crippen LogP contribution in [-0.2, 0) is 9.84 Å². The van der Waals surface area contributed by atoms with Crippen LogP contribution in [0.2, 0.25) is 0 Å². The van der Waals surface area contributed by atoms with Crippen molar-refractivity contribution in [2.75, 3.05) is 0 Å². The fourth-order valence-corrected chi connectivity index (χ4v) is 2.84. The number of aldehydes is 1. The Balaban J connectivity index is 2.61. The zero-order valence-electron chi connectivity index (χ0n) is 9.45. The number of carbonyl (C=O) groups excluding carboxylic acids is 1. The van der Waals surface area contributed by atoms with E-state index in [9.17, 15) is 18.3 Å². The molecule has 6 heteroatoms. The molecule has 0 saturated heterocycles. The molecule has 0 aliphatic heterocycles. The van der Waals surface area contributed by atoms with Gasteiger partial charge in [-0.05, 0) is 36.8 Å². The van der Waals surface area contributed by atoms with E-state index in [1.807, 2.05) is 0 Å². The molecule has 1 aromatic heterocycles. The molecule has 0 atom stereocenters. The van der Waals surface area contributed by atoms with E-state index in [4.69, 9.17) is 4.42 Å². The lowest BCUT2D eigenvalue weighted by Crippen LogP contribution is -2.01. The van der Waals surface area contributed by atoms with Crippen molar-refractivity contribution in [3.05, 3.63) is 41.7 Å². The Morgan fingerprint density at radius 2 is 1.94 bits per heavy atom. The number of carbonyl (C=O) groups is 1. The smallest absolute Gasteiger partial charge is 0.243 e. The number of aromatic hydroxyl groups is 1. The molecule has 0 aliphatic carbocycles. The highest BCUT2D eigenvalue weighted by Gasteiger charge is 2.25. The summed E-state index contributed by atoms with van der Waals surface area (Å²) < 4.78 is 29.2. The second-order valence-electron chi connectivity index (χ2n) is 3.75. The molecule has 0 spiro atoms. The van der Waals surface area contributed by atoms with Gasteiger partial charge in [-0.3, -0.25) is 4.79 Å². The Kier molecular flexibility index (Phi) is 2.96. The maximum Gasteiger partial charge on any atom is 0.243 e. The summed E-state index contributed by atoms with van der Waals surface area (Å²) in [7, 11) is -3.96. The van der Waals surface area contributed by atoms with E-state index in [-0.39, 0.29) is 21.5 Å². The summed E-state index contributed by atoms with van der Waals surface area (Å²) in [4.78, 5) is 10.2. The third-order valence-electron chi connectivity index (χ3n) is 2.39. The predicted octanol–water partition coefficient (Wildman–Crippen LogP) is 1.94. The van der Waals surface area contributed by atoms with Gasteiger partial charge in [0.2, 0.25) is 14.9 Å².